The van der Waals surface area contributed by atoms with Crippen molar-refractivity contribution in [3.8, 4) is 0 Å². The molecular formula is C11H18N2OS2. The Labute approximate surface area is 105 Å². The maximum absolute atomic E-state index is 10.3. The van der Waals surface area contributed by atoms with Crippen LogP contribution in [0, 0.1) is 0 Å². The van der Waals surface area contributed by atoms with Crippen LogP contribution in [-0.2, 0) is 0 Å². The van der Waals surface area contributed by atoms with Crippen molar-refractivity contribution in [2.24, 2.45) is 0 Å². The van der Waals surface area contributed by atoms with Crippen LogP contribution in [0.2, 0.25) is 0 Å². The zero-order valence-corrected chi connectivity index (χ0v) is 11.1. The Balaban J connectivity index is 1.82. The molecule has 16 heavy (non-hydrogen) atoms. The first kappa shape index (κ1) is 12.4. The van der Waals surface area contributed by atoms with E-state index in [1.54, 1.807) is 11.3 Å². The molecule has 0 spiro atoms. The molecule has 0 aromatic carbocycles. The number of hydrogen-bond donors (Lipinski definition) is 2. The third kappa shape index (κ3) is 3.20. The highest BCUT2D eigenvalue weighted by Crippen LogP contribution is 2.27. The zero-order chi connectivity index (χ0) is 11.4. The molecule has 0 radical (unpaired) electrons. The largest absolute Gasteiger partial charge is 0.389 e. The quantitative estimate of drug-likeness (QED) is 0.867. The molecule has 2 N–H and O–H groups in total. The van der Waals surface area contributed by atoms with Crippen LogP contribution < -0.4 is 5.32 Å². The van der Waals surface area contributed by atoms with Crippen molar-refractivity contribution in [2.45, 2.75) is 31.4 Å². The van der Waals surface area contributed by atoms with E-state index in [1.165, 1.54) is 4.88 Å². The van der Waals surface area contributed by atoms with Crippen molar-refractivity contribution in [2.75, 3.05) is 18.1 Å². The van der Waals surface area contributed by atoms with E-state index in [1.807, 2.05) is 23.5 Å². The van der Waals surface area contributed by atoms with Crippen LogP contribution in [0.4, 0.5) is 0 Å². The van der Waals surface area contributed by atoms with Gasteiger partial charge < -0.3 is 10.4 Å². The summed E-state index contributed by atoms with van der Waals surface area (Å²) < 4.78 is 0. The normalized spacial score (nSPS) is 21.9. The molecular weight excluding hydrogens is 240 g/mol. The van der Waals surface area contributed by atoms with Gasteiger partial charge in [-0.25, -0.2) is 0 Å². The van der Waals surface area contributed by atoms with E-state index in [2.05, 4.69) is 17.2 Å². The second-order valence-corrected chi connectivity index (χ2v) is 6.49. The van der Waals surface area contributed by atoms with Crippen LogP contribution in [0.25, 0.3) is 0 Å². The van der Waals surface area contributed by atoms with Crippen LogP contribution in [0.5, 0.6) is 0 Å². The Kier molecular flexibility index (Phi) is 4.24. The SMILES string of the molecule is CC(NCC1(O)CCSCC1)c1cncs1. The lowest BCUT2D eigenvalue weighted by Crippen LogP contribution is -2.44. The second kappa shape index (κ2) is 5.49. The molecule has 3 nitrogen and oxygen atoms in total. The lowest BCUT2D eigenvalue weighted by molar-refractivity contribution is 0.0301. The predicted molar refractivity (Wildman–Crippen MR) is 70.0 cm³/mol. The number of nitrogens with one attached hydrogen (secondary N) is 1. The molecule has 0 aliphatic carbocycles. The van der Waals surface area contributed by atoms with Gasteiger partial charge in [0.1, 0.15) is 0 Å². The van der Waals surface area contributed by atoms with Gasteiger partial charge in [-0.15, -0.1) is 11.3 Å². The first-order valence-electron chi connectivity index (χ1n) is 5.61. The number of aliphatic hydroxyl groups is 1. The molecule has 1 aliphatic heterocycles. The van der Waals surface area contributed by atoms with Gasteiger partial charge in [-0.3, -0.25) is 4.98 Å². The van der Waals surface area contributed by atoms with E-state index in [0.29, 0.717) is 6.54 Å². The summed E-state index contributed by atoms with van der Waals surface area (Å²) in [5, 5.41) is 13.7. The van der Waals surface area contributed by atoms with Crippen molar-refractivity contribution in [3.63, 3.8) is 0 Å². The number of hydrogen-bond acceptors (Lipinski definition) is 5. The fraction of sp³-hybridized carbons (Fsp3) is 0.727. The van der Waals surface area contributed by atoms with Crippen molar-refractivity contribution in [3.05, 3.63) is 16.6 Å². The van der Waals surface area contributed by atoms with Crippen molar-refractivity contribution in [1.29, 1.82) is 0 Å². The first-order valence-corrected chi connectivity index (χ1v) is 7.65. The summed E-state index contributed by atoms with van der Waals surface area (Å²) in [6, 6.07) is 0.283. The smallest absolute Gasteiger partial charge is 0.0794 e. The number of thioether (sulfide) groups is 1. The van der Waals surface area contributed by atoms with Crippen molar-refractivity contribution >= 4 is 23.1 Å². The Morgan fingerprint density at radius 2 is 2.31 bits per heavy atom. The summed E-state index contributed by atoms with van der Waals surface area (Å²) in [6.45, 7) is 2.81. The topological polar surface area (TPSA) is 45.1 Å². The molecule has 5 heteroatoms. The Morgan fingerprint density at radius 3 is 2.94 bits per heavy atom. The summed E-state index contributed by atoms with van der Waals surface area (Å²) in [6.07, 6.45) is 3.70. The van der Waals surface area contributed by atoms with E-state index in [-0.39, 0.29) is 6.04 Å². The molecule has 1 fully saturated rings. The third-order valence-electron chi connectivity index (χ3n) is 3.04. The van der Waals surface area contributed by atoms with Crippen LogP contribution >= 0.6 is 23.1 Å². The fourth-order valence-corrected chi connectivity index (χ4v) is 3.72. The lowest BCUT2D eigenvalue weighted by Gasteiger charge is -2.33. The minimum atomic E-state index is -0.496. The molecule has 1 atom stereocenters. The van der Waals surface area contributed by atoms with Crippen molar-refractivity contribution in [1.82, 2.24) is 10.3 Å². The molecule has 0 amide bonds. The Morgan fingerprint density at radius 1 is 1.56 bits per heavy atom. The van der Waals surface area contributed by atoms with Crippen LogP contribution in [0.3, 0.4) is 0 Å². The van der Waals surface area contributed by atoms with Crippen molar-refractivity contribution < 1.29 is 5.11 Å². The molecule has 2 rings (SSSR count). The summed E-state index contributed by atoms with van der Waals surface area (Å²) in [5.74, 6) is 2.15. The van der Waals surface area contributed by atoms with Gasteiger partial charge in [-0.1, -0.05) is 0 Å². The van der Waals surface area contributed by atoms with Crippen LogP contribution in [-0.4, -0.2) is 33.7 Å². The van der Waals surface area contributed by atoms with E-state index in [9.17, 15) is 5.11 Å². The predicted octanol–water partition coefficient (Wildman–Crippen LogP) is 2.05. The molecule has 1 unspecified atom stereocenters. The highest BCUT2D eigenvalue weighted by atomic mass is 32.2. The van der Waals surface area contributed by atoms with Crippen LogP contribution in [0.15, 0.2) is 11.7 Å². The van der Waals surface area contributed by atoms with Crippen LogP contribution in [0.1, 0.15) is 30.7 Å². The van der Waals surface area contributed by atoms with Gasteiger partial charge in [0, 0.05) is 23.7 Å². The molecule has 90 valence electrons. The molecule has 1 aromatic rings. The number of nitrogens with zero attached hydrogens (tertiary/aromatic N) is 1. The van der Waals surface area contributed by atoms with Gasteiger partial charge >= 0.3 is 0 Å². The zero-order valence-electron chi connectivity index (χ0n) is 9.48. The van der Waals surface area contributed by atoms with Gasteiger partial charge in [0.25, 0.3) is 0 Å². The Bertz CT molecular complexity index is 310. The number of rotatable bonds is 4. The number of aromatic nitrogens is 1. The molecule has 1 aromatic heterocycles. The van der Waals surface area contributed by atoms with Gasteiger partial charge in [0.2, 0.25) is 0 Å². The van der Waals surface area contributed by atoms with E-state index in [0.717, 1.165) is 24.3 Å². The molecule has 1 saturated heterocycles. The average molecular weight is 258 g/mol. The summed E-state index contributed by atoms with van der Waals surface area (Å²) in [7, 11) is 0. The molecule has 0 saturated carbocycles. The Hall–Kier alpha value is -0.100. The lowest BCUT2D eigenvalue weighted by atomic mass is 9.96. The van der Waals surface area contributed by atoms with E-state index < -0.39 is 5.60 Å². The fourth-order valence-electron chi connectivity index (χ4n) is 1.81. The highest BCUT2D eigenvalue weighted by Gasteiger charge is 2.29. The maximum Gasteiger partial charge on any atom is 0.0794 e. The minimum Gasteiger partial charge on any atom is -0.389 e. The number of thiazole rings is 1. The molecule has 1 aliphatic rings. The van der Waals surface area contributed by atoms with Gasteiger partial charge in [-0.05, 0) is 31.3 Å². The summed E-state index contributed by atoms with van der Waals surface area (Å²) >= 11 is 3.59. The standard InChI is InChI=1S/C11H18N2OS2/c1-9(10-6-12-8-16-10)13-7-11(14)2-4-15-5-3-11/h6,8-9,13-14H,2-5,7H2,1H3. The molecule has 2 heterocycles. The van der Waals surface area contributed by atoms with E-state index in [4.69, 9.17) is 0 Å². The second-order valence-electron chi connectivity index (χ2n) is 4.34. The van der Waals surface area contributed by atoms with Gasteiger partial charge in [-0.2, -0.15) is 11.8 Å². The van der Waals surface area contributed by atoms with Gasteiger partial charge in [0.05, 0.1) is 11.1 Å². The van der Waals surface area contributed by atoms with Gasteiger partial charge in [0.15, 0.2) is 0 Å². The highest BCUT2D eigenvalue weighted by molar-refractivity contribution is 7.99. The minimum absolute atomic E-state index is 0.283. The summed E-state index contributed by atoms with van der Waals surface area (Å²) in [5.41, 5.74) is 1.35. The summed E-state index contributed by atoms with van der Waals surface area (Å²) in [4.78, 5) is 5.30. The maximum atomic E-state index is 10.3. The monoisotopic (exact) mass is 258 g/mol. The van der Waals surface area contributed by atoms with E-state index >= 15 is 0 Å². The first-order chi connectivity index (χ1) is 7.70. The average Bonchev–Trinajstić information content (AvgIpc) is 2.80. The molecule has 0 bridgehead atoms. The third-order valence-corrected chi connectivity index (χ3v) is 4.98.